The quantitative estimate of drug-likeness (QED) is 0.853. The van der Waals surface area contributed by atoms with E-state index >= 15 is 0 Å². The number of rotatable bonds is 3. The molecular formula is C18H21NO. The number of ketones is 1. The van der Waals surface area contributed by atoms with Crippen LogP contribution >= 0.6 is 0 Å². The summed E-state index contributed by atoms with van der Waals surface area (Å²) in [5, 5.41) is 3.62. The zero-order valence-corrected chi connectivity index (χ0v) is 11.9. The van der Waals surface area contributed by atoms with Crippen molar-refractivity contribution in [1.29, 1.82) is 0 Å². The molecule has 104 valence electrons. The number of fused-ring (bicyclic) bond motifs is 2. The molecule has 0 saturated carbocycles. The largest absolute Gasteiger partial charge is 0.310 e. The summed E-state index contributed by atoms with van der Waals surface area (Å²) in [4.78, 5) is 12.4. The lowest BCUT2D eigenvalue weighted by molar-refractivity contribution is -0.124. The Hall–Kier alpha value is -1.59. The van der Waals surface area contributed by atoms with Crippen molar-refractivity contribution in [2.45, 2.75) is 50.6 Å². The summed E-state index contributed by atoms with van der Waals surface area (Å²) in [7, 11) is 0. The predicted octanol–water partition coefficient (Wildman–Crippen LogP) is 2.87. The Morgan fingerprint density at radius 3 is 2.75 bits per heavy atom. The number of hydrogen-bond donors (Lipinski definition) is 1. The molecule has 20 heavy (non-hydrogen) atoms. The molecule has 0 amide bonds. The van der Waals surface area contributed by atoms with Gasteiger partial charge in [-0.25, -0.2) is 0 Å². The first-order chi connectivity index (χ1) is 9.72. The van der Waals surface area contributed by atoms with Crippen LogP contribution in [0.2, 0.25) is 0 Å². The minimum atomic E-state index is 0.135. The summed E-state index contributed by atoms with van der Waals surface area (Å²) < 4.78 is 0. The number of hydrogen-bond acceptors (Lipinski definition) is 2. The number of carbonyl (C=O) groups is 1. The van der Waals surface area contributed by atoms with Crippen molar-refractivity contribution >= 4 is 5.78 Å². The normalized spacial score (nSPS) is 31.8. The summed E-state index contributed by atoms with van der Waals surface area (Å²) in [6, 6.07) is 9.16. The average Bonchev–Trinajstić information content (AvgIpc) is 2.88. The minimum Gasteiger partial charge on any atom is -0.310 e. The van der Waals surface area contributed by atoms with Crippen molar-refractivity contribution in [2.24, 2.45) is 5.92 Å². The van der Waals surface area contributed by atoms with Gasteiger partial charge in [0.25, 0.3) is 0 Å². The molecule has 1 aromatic rings. The fourth-order valence-corrected chi connectivity index (χ4v) is 3.91. The summed E-state index contributed by atoms with van der Waals surface area (Å²) in [6.07, 6.45) is 9.46. The van der Waals surface area contributed by atoms with Gasteiger partial charge in [-0.15, -0.1) is 6.42 Å². The second kappa shape index (κ2) is 5.42. The summed E-state index contributed by atoms with van der Waals surface area (Å²) in [5.74, 6) is 3.54. The Morgan fingerprint density at radius 2 is 2.10 bits per heavy atom. The van der Waals surface area contributed by atoms with E-state index in [1.165, 1.54) is 12.0 Å². The molecule has 1 aromatic carbocycles. The van der Waals surface area contributed by atoms with Gasteiger partial charge in [0.2, 0.25) is 0 Å². The SMILES string of the molecule is C#Cc1ccc([C@H]2CC3CCC(N3)[C@H]2C(=O)CC)cc1. The highest BCUT2D eigenvalue weighted by atomic mass is 16.1. The maximum absolute atomic E-state index is 12.4. The Balaban J connectivity index is 1.92. The average molecular weight is 267 g/mol. The molecule has 4 atom stereocenters. The molecule has 2 nitrogen and oxygen atoms in total. The monoisotopic (exact) mass is 267 g/mol. The van der Waals surface area contributed by atoms with Crippen LogP contribution < -0.4 is 5.32 Å². The molecule has 2 unspecified atom stereocenters. The van der Waals surface area contributed by atoms with E-state index in [0.29, 0.717) is 30.2 Å². The smallest absolute Gasteiger partial charge is 0.137 e. The third-order valence-corrected chi connectivity index (χ3v) is 4.91. The van der Waals surface area contributed by atoms with Gasteiger partial charge in [-0.1, -0.05) is 25.0 Å². The van der Waals surface area contributed by atoms with Crippen LogP contribution in [0.25, 0.3) is 0 Å². The fraction of sp³-hybridized carbons (Fsp3) is 0.500. The molecule has 0 spiro atoms. The van der Waals surface area contributed by atoms with Gasteiger partial charge in [-0.05, 0) is 42.9 Å². The van der Waals surface area contributed by atoms with E-state index in [4.69, 9.17) is 6.42 Å². The lowest BCUT2D eigenvalue weighted by atomic mass is 9.74. The zero-order chi connectivity index (χ0) is 14.1. The van der Waals surface area contributed by atoms with E-state index < -0.39 is 0 Å². The number of piperidine rings is 1. The lowest BCUT2D eigenvalue weighted by Crippen LogP contribution is -2.47. The second-order valence-electron chi connectivity index (χ2n) is 6.00. The van der Waals surface area contributed by atoms with Gasteiger partial charge in [0.05, 0.1) is 0 Å². The first kappa shape index (κ1) is 13.4. The maximum atomic E-state index is 12.4. The Kier molecular flexibility index (Phi) is 3.63. The maximum Gasteiger partial charge on any atom is 0.137 e. The summed E-state index contributed by atoms with van der Waals surface area (Å²) in [6.45, 7) is 1.97. The van der Waals surface area contributed by atoms with E-state index in [9.17, 15) is 4.79 Å². The van der Waals surface area contributed by atoms with Gasteiger partial charge >= 0.3 is 0 Å². The minimum absolute atomic E-state index is 0.135. The van der Waals surface area contributed by atoms with Crippen LogP contribution in [0.5, 0.6) is 0 Å². The Bertz CT molecular complexity index is 540. The Labute approximate surface area is 121 Å². The first-order valence-corrected chi connectivity index (χ1v) is 7.58. The molecule has 2 aliphatic heterocycles. The summed E-state index contributed by atoms with van der Waals surface area (Å²) in [5.41, 5.74) is 2.18. The molecule has 3 rings (SSSR count). The van der Waals surface area contributed by atoms with Crippen molar-refractivity contribution < 1.29 is 4.79 Å². The highest BCUT2D eigenvalue weighted by molar-refractivity contribution is 5.82. The molecule has 0 aromatic heterocycles. The predicted molar refractivity (Wildman–Crippen MR) is 80.5 cm³/mol. The van der Waals surface area contributed by atoms with Crippen LogP contribution in [0.15, 0.2) is 24.3 Å². The van der Waals surface area contributed by atoms with Gasteiger partial charge in [0.15, 0.2) is 0 Å². The van der Waals surface area contributed by atoms with E-state index in [1.807, 2.05) is 19.1 Å². The molecule has 1 N–H and O–H groups in total. The van der Waals surface area contributed by atoms with Crippen molar-refractivity contribution in [2.75, 3.05) is 0 Å². The first-order valence-electron chi connectivity index (χ1n) is 7.58. The molecule has 0 radical (unpaired) electrons. The standard InChI is InChI=1S/C18H21NO/c1-3-12-5-7-13(8-6-12)15-11-14-9-10-16(19-14)18(15)17(20)4-2/h1,5-8,14-16,18-19H,4,9-11H2,2H3/t14?,15-,16?,18+/m1/s1. The molecule has 2 heteroatoms. The third-order valence-electron chi connectivity index (χ3n) is 4.91. The van der Waals surface area contributed by atoms with Crippen LogP contribution in [0.1, 0.15) is 49.7 Å². The third kappa shape index (κ3) is 2.27. The van der Waals surface area contributed by atoms with Crippen molar-refractivity contribution in [3.05, 3.63) is 35.4 Å². The molecule has 0 aliphatic carbocycles. The van der Waals surface area contributed by atoms with Gasteiger partial charge in [-0.2, -0.15) is 0 Å². The van der Waals surface area contributed by atoms with E-state index in [2.05, 4.69) is 23.4 Å². The highest BCUT2D eigenvalue weighted by Gasteiger charge is 2.44. The number of benzene rings is 1. The van der Waals surface area contributed by atoms with Crippen LogP contribution in [-0.2, 0) is 4.79 Å². The topological polar surface area (TPSA) is 29.1 Å². The molecule has 2 fully saturated rings. The van der Waals surface area contributed by atoms with Crippen LogP contribution in [0.3, 0.4) is 0 Å². The molecule has 2 heterocycles. The number of Topliss-reactive ketones (excluding diaryl/α,β-unsaturated/α-hetero) is 1. The van der Waals surface area contributed by atoms with Gasteiger partial charge in [0.1, 0.15) is 5.78 Å². The highest BCUT2D eigenvalue weighted by Crippen LogP contribution is 2.42. The van der Waals surface area contributed by atoms with Crippen LogP contribution in [0.4, 0.5) is 0 Å². The van der Waals surface area contributed by atoms with Crippen LogP contribution in [0, 0.1) is 18.3 Å². The zero-order valence-electron chi connectivity index (χ0n) is 11.9. The van der Waals surface area contributed by atoms with Gasteiger partial charge in [-0.3, -0.25) is 4.79 Å². The number of nitrogens with one attached hydrogen (secondary N) is 1. The van der Waals surface area contributed by atoms with E-state index in [1.54, 1.807) is 0 Å². The molecular weight excluding hydrogens is 246 g/mol. The van der Waals surface area contributed by atoms with Crippen LogP contribution in [-0.4, -0.2) is 17.9 Å². The molecule has 2 saturated heterocycles. The lowest BCUT2D eigenvalue weighted by Gasteiger charge is -2.37. The van der Waals surface area contributed by atoms with Gasteiger partial charge < -0.3 is 5.32 Å². The van der Waals surface area contributed by atoms with E-state index in [0.717, 1.165) is 18.4 Å². The summed E-state index contributed by atoms with van der Waals surface area (Å²) >= 11 is 0. The van der Waals surface area contributed by atoms with Crippen molar-refractivity contribution in [1.82, 2.24) is 5.32 Å². The molecule has 2 aliphatic rings. The molecule has 2 bridgehead atoms. The fourth-order valence-electron chi connectivity index (χ4n) is 3.91. The van der Waals surface area contributed by atoms with Crippen molar-refractivity contribution in [3.8, 4) is 12.3 Å². The number of terminal acetylenes is 1. The Morgan fingerprint density at radius 1 is 1.35 bits per heavy atom. The number of carbonyl (C=O) groups excluding carboxylic acids is 1. The van der Waals surface area contributed by atoms with E-state index in [-0.39, 0.29) is 5.92 Å². The second-order valence-corrected chi connectivity index (χ2v) is 6.00. The van der Waals surface area contributed by atoms with Crippen molar-refractivity contribution in [3.63, 3.8) is 0 Å². The van der Waals surface area contributed by atoms with Gasteiger partial charge in [0, 0.05) is 30.0 Å².